The van der Waals surface area contributed by atoms with E-state index in [0.717, 1.165) is 22.3 Å². The standard InChI is InChI=1S/C18H21NO2/c1-13-3-4-14(2)17(9-13)10-18(21)19-11-15-5-7-16(12-20)8-6-15/h3-9,20H,10-12H2,1-2H3,(H,19,21). The van der Waals surface area contributed by atoms with Gasteiger partial charge in [0.15, 0.2) is 0 Å². The van der Waals surface area contributed by atoms with Crippen LogP contribution in [0, 0.1) is 13.8 Å². The minimum Gasteiger partial charge on any atom is -0.392 e. The second kappa shape index (κ2) is 7.04. The van der Waals surface area contributed by atoms with E-state index in [0.29, 0.717) is 13.0 Å². The minimum absolute atomic E-state index is 0.0231. The van der Waals surface area contributed by atoms with Crippen LogP contribution < -0.4 is 5.32 Å². The molecule has 0 aliphatic carbocycles. The number of aliphatic hydroxyl groups excluding tert-OH is 1. The molecule has 2 N–H and O–H groups in total. The molecule has 0 heterocycles. The zero-order valence-electron chi connectivity index (χ0n) is 12.5. The lowest BCUT2D eigenvalue weighted by Gasteiger charge is -2.09. The zero-order valence-corrected chi connectivity index (χ0v) is 12.5. The van der Waals surface area contributed by atoms with E-state index in [1.807, 2.05) is 44.2 Å². The van der Waals surface area contributed by atoms with Crippen molar-refractivity contribution in [1.82, 2.24) is 5.32 Å². The minimum atomic E-state index is 0.0231. The summed E-state index contributed by atoms with van der Waals surface area (Å²) in [6, 6.07) is 13.7. The van der Waals surface area contributed by atoms with E-state index >= 15 is 0 Å². The third-order valence-electron chi connectivity index (χ3n) is 3.55. The maximum atomic E-state index is 12.0. The van der Waals surface area contributed by atoms with E-state index in [2.05, 4.69) is 17.4 Å². The number of benzene rings is 2. The van der Waals surface area contributed by atoms with Crippen LogP contribution in [0.25, 0.3) is 0 Å². The lowest BCUT2D eigenvalue weighted by Crippen LogP contribution is -2.24. The first kappa shape index (κ1) is 15.3. The van der Waals surface area contributed by atoms with E-state index in [-0.39, 0.29) is 12.5 Å². The summed E-state index contributed by atoms with van der Waals surface area (Å²) in [5, 5.41) is 11.9. The second-order valence-electron chi connectivity index (χ2n) is 5.36. The number of carbonyl (C=O) groups is 1. The van der Waals surface area contributed by atoms with Gasteiger partial charge in [-0.2, -0.15) is 0 Å². The third kappa shape index (κ3) is 4.43. The molecule has 2 aromatic rings. The van der Waals surface area contributed by atoms with Gasteiger partial charge in [0.1, 0.15) is 0 Å². The van der Waals surface area contributed by atoms with Gasteiger partial charge in [-0.3, -0.25) is 4.79 Å². The van der Waals surface area contributed by atoms with Gasteiger partial charge in [0.05, 0.1) is 13.0 Å². The predicted octanol–water partition coefficient (Wildman–Crippen LogP) is 2.65. The van der Waals surface area contributed by atoms with E-state index in [1.54, 1.807) is 0 Å². The fraction of sp³-hybridized carbons (Fsp3) is 0.278. The summed E-state index contributed by atoms with van der Waals surface area (Å²) in [5.41, 5.74) is 5.29. The number of aryl methyl sites for hydroxylation is 2. The molecule has 0 atom stereocenters. The summed E-state index contributed by atoms with van der Waals surface area (Å²) in [5.74, 6) is 0.0231. The van der Waals surface area contributed by atoms with Crippen LogP contribution in [0.2, 0.25) is 0 Å². The van der Waals surface area contributed by atoms with Crippen LogP contribution in [0.4, 0.5) is 0 Å². The average molecular weight is 283 g/mol. The van der Waals surface area contributed by atoms with Gasteiger partial charge in [0.2, 0.25) is 5.91 Å². The first-order valence-corrected chi connectivity index (χ1v) is 7.10. The van der Waals surface area contributed by atoms with Crippen LogP contribution in [0.3, 0.4) is 0 Å². The molecule has 0 saturated carbocycles. The molecular formula is C18H21NO2. The van der Waals surface area contributed by atoms with Crippen LogP contribution in [0.5, 0.6) is 0 Å². The number of hydrogen-bond acceptors (Lipinski definition) is 2. The summed E-state index contributed by atoms with van der Waals surface area (Å²) in [7, 11) is 0. The number of aliphatic hydroxyl groups is 1. The summed E-state index contributed by atoms with van der Waals surface area (Å²) >= 11 is 0. The van der Waals surface area contributed by atoms with E-state index < -0.39 is 0 Å². The second-order valence-corrected chi connectivity index (χ2v) is 5.36. The maximum absolute atomic E-state index is 12.0. The molecule has 0 aliphatic heterocycles. The topological polar surface area (TPSA) is 49.3 Å². The van der Waals surface area contributed by atoms with Crippen molar-refractivity contribution < 1.29 is 9.90 Å². The lowest BCUT2D eigenvalue weighted by atomic mass is 10.0. The molecule has 0 fully saturated rings. The maximum Gasteiger partial charge on any atom is 0.224 e. The lowest BCUT2D eigenvalue weighted by molar-refractivity contribution is -0.120. The van der Waals surface area contributed by atoms with Crippen LogP contribution in [-0.2, 0) is 24.4 Å². The molecule has 0 aliphatic rings. The normalized spacial score (nSPS) is 10.4. The molecule has 2 rings (SSSR count). The van der Waals surface area contributed by atoms with Gasteiger partial charge in [0, 0.05) is 6.54 Å². The Morgan fingerprint density at radius 1 is 1.05 bits per heavy atom. The molecule has 0 aromatic heterocycles. The zero-order chi connectivity index (χ0) is 15.2. The van der Waals surface area contributed by atoms with Crippen LogP contribution >= 0.6 is 0 Å². The Bertz CT molecular complexity index is 618. The summed E-state index contributed by atoms with van der Waals surface area (Å²) in [4.78, 5) is 12.0. The molecule has 0 unspecified atom stereocenters. The summed E-state index contributed by atoms with van der Waals surface area (Å²) in [6.07, 6.45) is 0.405. The Morgan fingerprint density at radius 2 is 1.71 bits per heavy atom. The van der Waals surface area contributed by atoms with Crippen LogP contribution in [0.1, 0.15) is 27.8 Å². The molecule has 0 spiro atoms. The fourth-order valence-electron chi connectivity index (χ4n) is 2.19. The molecule has 21 heavy (non-hydrogen) atoms. The number of nitrogens with one attached hydrogen (secondary N) is 1. The smallest absolute Gasteiger partial charge is 0.224 e. The number of rotatable bonds is 5. The molecule has 1 amide bonds. The van der Waals surface area contributed by atoms with Crippen molar-refractivity contribution in [2.45, 2.75) is 33.4 Å². The van der Waals surface area contributed by atoms with Crippen LogP contribution in [-0.4, -0.2) is 11.0 Å². The Morgan fingerprint density at radius 3 is 2.38 bits per heavy atom. The first-order chi connectivity index (χ1) is 10.1. The van der Waals surface area contributed by atoms with Gasteiger partial charge in [-0.1, -0.05) is 48.0 Å². The van der Waals surface area contributed by atoms with Gasteiger partial charge in [-0.15, -0.1) is 0 Å². The summed E-state index contributed by atoms with van der Waals surface area (Å²) < 4.78 is 0. The van der Waals surface area contributed by atoms with E-state index in [4.69, 9.17) is 5.11 Å². The quantitative estimate of drug-likeness (QED) is 0.886. The average Bonchev–Trinajstić information content (AvgIpc) is 2.49. The highest BCUT2D eigenvalue weighted by molar-refractivity contribution is 5.79. The van der Waals surface area contributed by atoms with Gasteiger partial charge in [0.25, 0.3) is 0 Å². The molecule has 110 valence electrons. The highest BCUT2D eigenvalue weighted by Gasteiger charge is 2.06. The fourth-order valence-corrected chi connectivity index (χ4v) is 2.19. The molecule has 3 heteroatoms. The Balaban J connectivity index is 1.91. The largest absolute Gasteiger partial charge is 0.392 e. The number of carbonyl (C=O) groups excluding carboxylic acids is 1. The van der Waals surface area contributed by atoms with Crippen molar-refractivity contribution in [1.29, 1.82) is 0 Å². The van der Waals surface area contributed by atoms with Crippen molar-refractivity contribution >= 4 is 5.91 Å². The Kier molecular flexibility index (Phi) is 5.12. The highest BCUT2D eigenvalue weighted by atomic mass is 16.3. The summed E-state index contributed by atoms with van der Waals surface area (Å²) in [6.45, 7) is 4.61. The number of hydrogen-bond donors (Lipinski definition) is 2. The van der Waals surface area contributed by atoms with E-state index in [1.165, 1.54) is 5.56 Å². The highest BCUT2D eigenvalue weighted by Crippen LogP contribution is 2.11. The molecular weight excluding hydrogens is 262 g/mol. The van der Waals surface area contributed by atoms with Crippen molar-refractivity contribution in [2.75, 3.05) is 0 Å². The number of amides is 1. The van der Waals surface area contributed by atoms with Crippen molar-refractivity contribution in [3.8, 4) is 0 Å². The van der Waals surface area contributed by atoms with Gasteiger partial charge >= 0.3 is 0 Å². The third-order valence-corrected chi connectivity index (χ3v) is 3.55. The Labute approximate surface area is 125 Å². The van der Waals surface area contributed by atoms with Crippen molar-refractivity contribution in [3.05, 3.63) is 70.3 Å². The molecule has 3 nitrogen and oxygen atoms in total. The van der Waals surface area contributed by atoms with Crippen molar-refractivity contribution in [2.24, 2.45) is 0 Å². The van der Waals surface area contributed by atoms with Crippen molar-refractivity contribution in [3.63, 3.8) is 0 Å². The van der Waals surface area contributed by atoms with Crippen LogP contribution in [0.15, 0.2) is 42.5 Å². The monoisotopic (exact) mass is 283 g/mol. The molecule has 0 bridgehead atoms. The molecule has 0 radical (unpaired) electrons. The molecule has 0 saturated heterocycles. The van der Waals surface area contributed by atoms with Gasteiger partial charge in [-0.25, -0.2) is 0 Å². The van der Waals surface area contributed by atoms with Gasteiger partial charge in [-0.05, 0) is 36.1 Å². The van der Waals surface area contributed by atoms with Gasteiger partial charge < -0.3 is 10.4 Å². The SMILES string of the molecule is Cc1ccc(C)c(CC(=O)NCc2ccc(CO)cc2)c1. The molecule has 2 aromatic carbocycles. The first-order valence-electron chi connectivity index (χ1n) is 7.10. The Hall–Kier alpha value is -2.13. The predicted molar refractivity (Wildman–Crippen MR) is 83.8 cm³/mol. The van der Waals surface area contributed by atoms with E-state index in [9.17, 15) is 4.79 Å².